The summed E-state index contributed by atoms with van der Waals surface area (Å²) in [7, 11) is 1.94. The van der Waals surface area contributed by atoms with E-state index in [1.807, 2.05) is 22.8 Å². The number of nitrogens with zero attached hydrogens (tertiary/aromatic N) is 4. The molecule has 1 atom stereocenters. The molecule has 1 amide bonds. The highest BCUT2D eigenvalue weighted by Crippen LogP contribution is 2.36. The summed E-state index contributed by atoms with van der Waals surface area (Å²) in [4.78, 5) is 16.5. The fourth-order valence-corrected chi connectivity index (χ4v) is 4.28. The van der Waals surface area contributed by atoms with E-state index >= 15 is 0 Å². The molecule has 1 spiro atoms. The number of ether oxygens (including phenoxy) is 2. The van der Waals surface area contributed by atoms with Gasteiger partial charge in [0.15, 0.2) is 0 Å². The van der Waals surface area contributed by atoms with Gasteiger partial charge in [-0.15, -0.1) is 0 Å². The zero-order valence-electron chi connectivity index (χ0n) is 15.0. The van der Waals surface area contributed by atoms with Gasteiger partial charge in [0.25, 0.3) is 0 Å². The minimum absolute atomic E-state index is 0.0815. The van der Waals surface area contributed by atoms with Gasteiger partial charge >= 0.3 is 0 Å². The molecule has 3 saturated heterocycles. The number of likely N-dealkylation sites (tertiary alicyclic amines) is 2. The van der Waals surface area contributed by atoms with E-state index in [9.17, 15) is 4.79 Å². The first-order valence-corrected chi connectivity index (χ1v) is 9.35. The number of rotatable bonds is 5. The standard InChI is InChI=1S/C18H28N4O3/c1-20-10-15(9-19-20)11-21-13-18(14-21)8-16(4-7-25-18)24-12-17(23)22-5-2-3-6-22/h9-10,16H,2-8,11-14H2,1H3. The van der Waals surface area contributed by atoms with E-state index < -0.39 is 0 Å². The van der Waals surface area contributed by atoms with Gasteiger partial charge in [-0.1, -0.05) is 0 Å². The lowest BCUT2D eigenvalue weighted by Crippen LogP contribution is -2.65. The number of carbonyl (C=O) groups excluding carboxylic acids is 1. The van der Waals surface area contributed by atoms with Crippen LogP contribution in [0.5, 0.6) is 0 Å². The molecule has 25 heavy (non-hydrogen) atoms. The van der Waals surface area contributed by atoms with E-state index in [0.29, 0.717) is 0 Å². The second-order valence-electron chi connectivity index (χ2n) is 7.71. The molecule has 7 heteroatoms. The molecule has 4 heterocycles. The second kappa shape index (κ2) is 7.05. The maximum absolute atomic E-state index is 12.1. The number of amides is 1. The van der Waals surface area contributed by atoms with E-state index in [1.165, 1.54) is 5.56 Å². The molecule has 0 aliphatic carbocycles. The Labute approximate surface area is 148 Å². The third kappa shape index (κ3) is 3.88. The van der Waals surface area contributed by atoms with Crippen LogP contribution in [-0.4, -0.2) is 76.6 Å². The number of aryl methyl sites for hydroxylation is 1. The van der Waals surface area contributed by atoms with E-state index in [2.05, 4.69) is 16.2 Å². The smallest absolute Gasteiger partial charge is 0.248 e. The minimum atomic E-state index is -0.0815. The van der Waals surface area contributed by atoms with E-state index in [1.54, 1.807) is 0 Å². The molecule has 3 aliphatic heterocycles. The second-order valence-corrected chi connectivity index (χ2v) is 7.71. The third-order valence-electron chi connectivity index (χ3n) is 5.54. The Bertz CT molecular complexity index is 605. The lowest BCUT2D eigenvalue weighted by atomic mass is 9.84. The predicted octanol–water partition coefficient (Wildman–Crippen LogP) is 0.793. The zero-order chi connectivity index (χ0) is 17.3. The average molecular weight is 348 g/mol. The number of hydrogen-bond donors (Lipinski definition) is 0. The van der Waals surface area contributed by atoms with Gasteiger partial charge < -0.3 is 14.4 Å². The Morgan fingerprint density at radius 1 is 1.40 bits per heavy atom. The van der Waals surface area contributed by atoms with Crippen molar-refractivity contribution in [3.05, 3.63) is 18.0 Å². The number of carbonyl (C=O) groups is 1. The molecule has 1 unspecified atom stereocenters. The van der Waals surface area contributed by atoms with Crippen molar-refractivity contribution >= 4 is 5.91 Å². The minimum Gasteiger partial charge on any atom is -0.372 e. The van der Waals surface area contributed by atoms with E-state index in [0.717, 1.165) is 65.0 Å². The van der Waals surface area contributed by atoms with Crippen molar-refractivity contribution in [3.63, 3.8) is 0 Å². The van der Waals surface area contributed by atoms with Gasteiger partial charge in [0, 0.05) is 64.6 Å². The quantitative estimate of drug-likeness (QED) is 0.787. The number of hydrogen-bond acceptors (Lipinski definition) is 5. The molecule has 1 aromatic heterocycles. The summed E-state index contributed by atoms with van der Waals surface area (Å²) in [6, 6.07) is 0. The summed E-state index contributed by atoms with van der Waals surface area (Å²) in [6.45, 7) is 5.51. The van der Waals surface area contributed by atoms with Crippen LogP contribution in [0.25, 0.3) is 0 Å². The summed E-state index contributed by atoms with van der Waals surface area (Å²) >= 11 is 0. The largest absolute Gasteiger partial charge is 0.372 e. The van der Waals surface area contributed by atoms with Crippen LogP contribution in [0.3, 0.4) is 0 Å². The molecule has 1 aromatic rings. The van der Waals surface area contributed by atoms with Gasteiger partial charge in [-0.2, -0.15) is 5.10 Å². The van der Waals surface area contributed by atoms with Crippen molar-refractivity contribution < 1.29 is 14.3 Å². The Kier molecular flexibility index (Phi) is 4.80. The SMILES string of the molecule is Cn1cc(CN2CC3(CC(OCC(=O)N4CCCC4)CCO3)C2)cn1. The summed E-state index contributed by atoms with van der Waals surface area (Å²) in [5.74, 6) is 0.143. The van der Waals surface area contributed by atoms with Crippen LogP contribution in [0, 0.1) is 0 Å². The van der Waals surface area contributed by atoms with Crippen LogP contribution >= 0.6 is 0 Å². The molecular formula is C18H28N4O3. The normalized spacial score (nSPS) is 26.1. The Morgan fingerprint density at radius 2 is 2.20 bits per heavy atom. The lowest BCUT2D eigenvalue weighted by Gasteiger charge is -2.53. The molecule has 7 nitrogen and oxygen atoms in total. The molecular weight excluding hydrogens is 320 g/mol. The predicted molar refractivity (Wildman–Crippen MR) is 92.0 cm³/mol. The molecule has 0 saturated carbocycles. The van der Waals surface area contributed by atoms with Gasteiger partial charge in [-0.25, -0.2) is 0 Å². The highest BCUT2D eigenvalue weighted by molar-refractivity contribution is 5.77. The first-order valence-electron chi connectivity index (χ1n) is 9.35. The monoisotopic (exact) mass is 348 g/mol. The van der Waals surface area contributed by atoms with Crippen molar-refractivity contribution in [1.82, 2.24) is 19.6 Å². The Balaban J connectivity index is 1.22. The topological polar surface area (TPSA) is 59.8 Å². The van der Waals surface area contributed by atoms with Crippen molar-refractivity contribution in [2.24, 2.45) is 7.05 Å². The van der Waals surface area contributed by atoms with Crippen LogP contribution in [-0.2, 0) is 27.9 Å². The van der Waals surface area contributed by atoms with Crippen molar-refractivity contribution in [2.75, 3.05) is 39.4 Å². The lowest BCUT2D eigenvalue weighted by molar-refractivity contribution is -0.200. The first kappa shape index (κ1) is 17.0. The molecule has 3 fully saturated rings. The van der Waals surface area contributed by atoms with Crippen LogP contribution in [0.15, 0.2) is 12.4 Å². The Hall–Kier alpha value is -1.44. The highest BCUT2D eigenvalue weighted by atomic mass is 16.5. The summed E-state index contributed by atoms with van der Waals surface area (Å²) in [5.41, 5.74) is 1.15. The van der Waals surface area contributed by atoms with Crippen LogP contribution in [0.4, 0.5) is 0 Å². The molecule has 0 aromatic carbocycles. The summed E-state index contributed by atoms with van der Waals surface area (Å²) in [5, 5.41) is 4.22. The third-order valence-corrected chi connectivity index (χ3v) is 5.54. The van der Waals surface area contributed by atoms with Crippen LogP contribution < -0.4 is 0 Å². The summed E-state index contributed by atoms with van der Waals surface area (Å²) in [6.07, 6.45) is 8.14. The van der Waals surface area contributed by atoms with Gasteiger partial charge in [0.2, 0.25) is 5.91 Å². The molecule has 0 N–H and O–H groups in total. The fraction of sp³-hybridized carbons (Fsp3) is 0.778. The fourth-order valence-electron chi connectivity index (χ4n) is 4.28. The van der Waals surface area contributed by atoms with Crippen LogP contribution in [0.1, 0.15) is 31.2 Å². The average Bonchev–Trinajstić information content (AvgIpc) is 3.23. The molecule has 0 radical (unpaired) electrons. The number of aromatic nitrogens is 2. The first-order chi connectivity index (χ1) is 12.1. The van der Waals surface area contributed by atoms with Gasteiger partial charge in [-0.3, -0.25) is 14.4 Å². The van der Waals surface area contributed by atoms with Gasteiger partial charge in [0.1, 0.15) is 6.61 Å². The highest BCUT2D eigenvalue weighted by Gasteiger charge is 2.47. The molecule has 138 valence electrons. The molecule has 4 rings (SSSR count). The zero-order valence-corrected chi connectivity index (χ0v) is 15.0. The maximum atomic E-state index is 12.1. The molecule has 3 aliphatic rings. The van der Waals surface area contributed by atoms with E-state index in [-0.39, 0.29) is 24.2 Å². The molecule has 0 bridgehead atoms. The van der Waals surface area contributed by atoms with Crippen LogP contribution in [0.2, 0.25) is 0 Å². The van der Waals surface area contributed by atoms with Crippen molar-refractivity contribution in [3.8, 4) is 0 Å². The van der Waals surface area contributed by atoms with E-state index in [4.69, 9.17) is 9.47 Å². The summed E-state index contributed by atoms with van der Waals surface area (Å²) < 4.78 is 13.9. The van der Waals surface area contributed by atoms with Crippen molar-refractivity contribution in [1.29, 1.82) is 0 Å². The Morgan fingerprint density at radius 3 is 2.92 bits per heavy atom. The van der Waals surface area contributed by atoms with Crippen molar-refractivity contribution in [2.45, 2.75) is 43.9 Å². The maximum Gasteiger partial charge on any atom is 0.248 e. The van der Waals surface area contributed by atoms with Gasteiger partial charge in [-0.05, 0) is 19.3 Å². The van der Waals surface area contributed by atoms with Gasteiger partial charge in [0.05, 0.1) is 17.9 Å².